The topological polar surface area (TPSA) is 88.9 Å². The molecule has 2 aromatic rings. The van der Waals surface area contributed by atoms with Gasteiger partial charge >= 0.3 is 0 Å². The number of benzene rings is 1. The lowest BCUT2D eigenvalue weighted by Crippen LogP contribution is -2.20. The number of anilines is 1. The average molecular weight is 295 g/mol. The summed E-state index contributed by atoms with van der Waals surface area (Å²) < 4.78 is 28.0. The standard InChI is InChI=1S/C12H17N5O2S/c1-3-17-9-15-16-12(17)8-14-10-6-4-5-7-11(10)20(18,19)13-2/h4-7,9,13-14H,3,8H2,1-2H3. The van der Waals surface area contributed by atoms with Gasteiger partial charge in [0.05, 0.1) is 12.2 Å². The van der Waals surface area contributed by atoms with E-state index < -0.39 is 10.0 Å². The van der Waals surface area contributed by atoms with Crippen LogP contribution >= 0.6 is 0 Å². The fraction of sp³-hybridized carbons (Fsp3) is 0.333. The van der Waals surface area contributed by atoms with Crippen LogP contribution in [0.2, 0.25) is 0 Å². The van der Waals surface area contributed by atoms with Crippen LogP contribution in [-0.2, 0) is 23.1 Å². The fourth-order valence-electron chi connectivity index (χ4n) is 1.81. The molecule has 7 nitrogen and oxygen atoms in total. The molecule has 20 heavy (non-hydrogen) atoms. The van der Waals surface area contributed by atoms with Gasteiger partial charge in [0.25, 0.3) is 0 Å². The first-order valence-corrected chi connectivity index (χ1v) is 7.70. The van der Waals surface area contributed by atoms with Gasteiger partial charge in [-0.15, -0.1) is 10.2 Å². The number of para-hydroxylation sites is 1. The largest absolute Gasteiger partial charge is 0.377 e. The molecular formula is C12H17N5O2S. The summed E-state index contributed by atoms with van der Waals surface area (Å²) in [5.41, 5.74) is 0.535. The molecule has 0 fully saturated rings. The van der Waals surface area contributed by atoms with Crippen LogP contribution in [0.3, 0.4) is 0 Å². The highest BCUT2D eigenvalue weighted by molar-refractivity contribution is 7.89. The van der Waals surface area contributed by atoms with Crippen molar-refractivity contribution in [1.82, 2.24) is 19.5 Å². The first-order chi connectivity index (χ1) is 9.58. The van der Waals surface area contributed by atoms with Crippen molar-refractivity contribution in [3.05, 3.63) is 36.4 Å². The Morgan fingerprint density at radius 3 is 2.75 bits per heavy atom. The summed E-state index contributed by atoms with van der Waals surface area (Å²) in [7, 11) is -2.10. The number of aromatic nitrogens is 3. The molecule has 1 aromatic heterocycles. The van der Waals surface area contributed by atoms with Gasteiger partial charge in [0.1, 0.15) is 11.2 Å². The number of aryl methyl sites for hydroxylation is 1. The molecule has 0 unspecified atom stereocenters. The van der Waals surface area contributed by atoms with Crippen molar-refractivity contribution in [2.75, 3.05) is 12.4 Å². The summed E-state index contributed by atoms with van der Waals surface area (Å²) in [6.45, 7) is 3.16. The molecule has 0 aliphatic heterocycles. The zero-order valence-electron chi connectivity index (χ0n) is 11.4. The highest BCUT2D eigenvalue weighted by Crippen LogP contribution is 2.20. The normalized spacial score (nSPS) is 11.5. The SMILES string of the molecule is CCn1cnnc1CNc1ccccc1S(=O)(=O)NC. The van der Waals surface area contributed by atoms with Crippen LogP contribution in [0.5, 0.6) is 0 Å². The first-order valence-electron chi connectivity index (χ1n) is 6.21. The predicted molar refractivity (Wildman–Crippen MR) is 75.7 cm³/mol. The highest BCUT2D eigenvalue weighted by atomic mass is 32.2. The van der Waals surface area contributed by atoms with Crippen molar-refractivity contribution in [1.29, 1.82) is 0 Å². The van der Waals surface area contributed by atoms with Crippen LogP contribution in [0.15, 0.2) is 35.5 Å². The van der Waals surface area contributed by atoms with Crippen LogP contribution in [0.4, 0.5) is 5.69 Å². The number of nitrogens with zero attached hydrogens (tertiary/aromatic N) is 3. The maximum Gasteiger partial charge on any atom is 0.242 e. The number of hydrogen-bond acceptors (Lipinski definition) is 5. The molecule has 2 N–H and O–H groups in total. The summed E-state index contributed by atoms with van der Waals surface area (Å²) >= 11 is 0. The maximum absolute atomic E-state index is 11.9. The van der Waals surface area contributed by atoms with Gasteiger partial charge in [0.15, 0.2) is 5.82 Å². The minimum Gasteiger partial charge on any atom is -0.377 e. The summed E-state index contributed by atoms with van der Waals surface area (Å²) in [6.07, 6.45) is 1.65. The van der Waals surface area contributed by atoms with Crippen molar-refractivity contribution in [3.63, 3.8) is 0 Å². The third-order valence-corrected chi connectivity index (χ3v) is 4.39. The van der Waals surface area contributed by atoms with E-state index in [4.69, 9.17) is 0 Å². The van der Waals surface area contributed by atoms with Crippen molar-refractivity contribution in [2.45, 2.75) is 24.9 Å². The average Bonchev–Trinajstić information content (AvgIpc) is 2.93. The van der Waals surface area contributed by atoms with Gasteiger partial charge in [-0.05, 0) is 26.1 Å². The van der Waals surface area contributed by atoms with Gasteiger partial charge in [-0.2, -0.15) is 0 Å². The maximum atomic E-state index is 11.9. The molecule has 0 radical (unpaired) electrons. The molecular weight excluding hydrogens is 278 g/mol. The van der Waals surface area contributed by atoms with Gasteiger partial charge < -0.3 is 9.88 Å². The van der Waals surface area contributed by atoms with E-state index in [1.807, 2.05) is 11.5 Å². The number of rotatable bonds is 6. The zero-order valence-corrected chi connectivity index (χ0v) is 12.2. The lowest BCUT2D eigenvalue weighted by Gasteiger charge is -2.11. The molecule has 108 valence electrons. The smallest absolute Gasteiger partial charge is 0.242 e. The summed E-state index contributed by atoms with van der Waals surface area (Å²) in [6, 6.07) is 6.74. The summed E-state index contributed by atoms with van der Waals surface area (Å²) in [5, 5.41) is 10.9. The van der Waals surface area contributed by atoms with E-state index in [1.54, 1.807) is 30.6 Å². The van der Waals surface area contributed by atoms with Crippen molar-refractivity contribution in [3.8, 4) is 0 Å². The number of sulfonamides is 1. The number of hydrogen-bond donors (Lipinski definition) is 2. The van der Waals surface area contributed by atoms with E-state index in [0.29, 0.717) is 12.2 Å². The molecule has 8 heteroatoms. The van der Waals surface area contributed by atoms with Crippen LogP contribution in [-0.4, -0.2) is 30.2 Å². The Kier molecular flexibility index (Phi) is 4.35. The summed E-state index contributed by atoms with van der Waals surface area (Å²) in [4.78, 5) is 0.213. The molecule has 1 aromatic carbocycles. The van der Waals surface area contributed by atoms with Gasteiger partial charge in [0, 0.05) is 6.54 Å². The quantitative estimate of drug-likeness (QED) is 0.823. The second-order valence-electron chi connectivity index (χ2n) is 4.09. The van der Waals surface area contributed by atoms with E-state index in [2.05, 4.69) is 20.2 Å². The molecule has 0 amide bonds. The second kappa shape index (κ2) is 6.02. The van der Waals surface area contributed by atoms with Gasteiger partial charge in [-0.3, -0.25) is 0 Å². The Hall–Kier alpha value is -1.93. The van der Waals surface area contributed by atoms with Gasteiger partial charge in [0.2, 0.25) is 10.0 Å². The lowest BCUT2D eigenvalue weighted by atomic mass is 10.3. The predicted octanol–water partition coefficient (Wildman–Crippen LogP) is 0.818. The van der Waals surface area contributed by atoms with E-state index in [0.717, 1.165) is 12.4 Å². The van der Waals surface area contributed by atoms with Crippen LogP contribution in [0.1, 0.15) is 12.7 Å². The van der Waals surface area contributed by atoms with E-state index in [1.165, 1.54) is 7.05 Å². The second-order valence-corrected chi connectivity index (χ2v) is 5.95. The van der Waals surface area contributed by atoms with Crippen molar-refractivity contribution in [2.24, 2.45) is 0 Å². The van der Waals surface area contributed by atoms with E-state index >= 15 is 0 Å². The Bertz CT molecular complexity index is 681. The third kappa shape index (κ3) is 2.97. The molecule has 0 saturated heterocycles. The van der Waals surface area contributed by atoms with Crippen LogP contribution in [0.25, 0.3) is 0 Å². The molecule has 0 aliphatic rings. The fourth-order valence-corrected chi connectivity index (χ4v) is 2.72. The van der Waals surface area contributed by atoms with E-state index in [-0.39, 0.29) is 4.90 Å². The third-order valence-electron chi connectivity index (χ3n) is 2.92. The van der Waals surface area contributed by atoms with Gasteiger partial charge in [-0.1, -0.05) is 12.1 Å². The minimum atomic E-state index is -3.49. The van der Waals surface area contributed by atoms with Crippen molar-refractivity contribution < 1.29 is 8.42 Å². The number of nitrogens with one attached hydrogen (secondary N) is 2. The zero-order chi connectivity index (χ0) is 14.6. The van der Waals surface area contributed by atoms with E-state index in [9.17, 15) is 8.42 Å². The van der Waals surface area contributed by atoms with Crippen LogP contribution in [0, 0.1) is 0 Å². The Morgan fingerprint density at radius 1 is 1.30 bits per heavy atom. The Morgan fingerprint density at radius 2 is 2.05 bits per heavy atom. The molecule has 0 atom stereocenters. The highest BCUT2D eigenvalue weighted by Gasteiger charge is 2.16. The molecule has 0 bridgehead atoms. The summed E-state index contributed by atoms with van der Waals surface area (Å²) in [5.74, 6) is 0.754. The van der Waals surface area contributed by atoms with Crippen LogP contribution < -0.4 is 10.0 Å². The molecule has 1 heterocycles. The monoisotopic (exact) mass is 295 g/mol. The molecule has 0 saturated carbocycles. The van der Waals surface area contributed by atoms with Gasteiger partial charge in [-0.25, -0.2) is 13.1 Å². The minimum absolute atomic E-state index is 0.213. The lowest BCUT2D eigenvalue weighted by molar-refractivity contribution is 0.588. The Labute approximate surface area is 118 Å². The molecule has 0 spiro atoms. The Balaban J connectivity index is 2.23. The first kappa shape index (κ1) is 14.5. The molecule has 2 rings (SSSR count). The molecule has 0 aliphatic carbocycles. The van der Waals surface area contributed by atoms with Crippen molar-refractivity contribution >= 4 is 15.7 Å².